The molecule has 1 aliphatic heterocycles. The Morgan fingerprint density at radius 1 is 1.36 bits per heavy atom. The molecule has 0 bridgehead atoms. The first-order valence-electron chi connectivity index (χ1n) is 6.97. The van der Waals surface area contributed by atoms with Gasteiger partial charge in [-0.1, -0.05) is 12.1 Å². The molecular weight excluding hydrogens is 306 g/mol. The molecule has 6 heteroatoms. The molecule has 2 heterocycles. The minimum absolute atomic E-state index is 0.178. The summed E-state index contributed by atoms with van der Waals surface area (Å²) in [6.45, 7) is 1.46. The number of furan rings is 1. The predicted octanol–water partition coefficient (Wildman–Crippen LogP) is 3.16. The molecule has 1 unspecified atom stereocenters. The third-order valence-electron chi connectivity index (χ3n) is 3.60. The van der Waals surface area contributed by atoms with Crippen molar-refractivity contribution in [1.82, 2.24) is 4.90 Å². The van der Waals surface area contributed by atoms with Crippen molar-refractivity contribution in [2.45, 2.75) is 6.10 Å². The number of carbonyl (C=O) groups is 1. The van der Waals surface area contributed by atoms with Crippen molar-refractivity contribution in [3.63, 3.8) is 0 Å². The molecule has 1 aromatic heterocycles. The van der Waals surface area contributed by atoms with Crippen LogP contribution in [-0.2, 0) is 4.74 Å². The molecule has 0 radical (unpaired) electrons. The SMILES string of the molecule is COc1cccc(C2CN(C(=O)c3ccc(Cl)o3)CCO2)c1. The van der Waals surface area contributed by atoms with Gasteiger partial charge in [-0.2, -0.15) is 0 Å². The fourth-order valence-electron chi connectivity index (χ4n) is 2.46. The fraction of sp³-hybridized carbons (Fsp3) is 0.312. The zero-order chi connectivity index (χ0) is 15.5. The molecule has 0 N–H and O–H groups in total. The van der Waals surface area contributed by atoms with Crippen LogP contribution >= 0.6 is 11.6 Å². The van der Waals surface area contributed by atoms with Gasteiger partial charge >= 0.3 is 0 Å². The van der Waals surface area contributed by atoms with Crippen molar-refractivity contribution in [1.29, 1.82) is 0 Å². The van der Waals surface area contributed by atoms with Crippen LogP contribution in [0.2, 0.25) is 5.22 Å². The van der Waals surface area contributed by atoms with Crippen molar-refractivity contribution < 1.29 is 18.7 Å². The van der Waals surface area contributed by atoms with E-state index < -0.39 is 0 Å². The minimum atomic E-state index is -0.182. The van der Waals surface area contributed by atoms with Gasteiger partial charge < -0.3 is 18.8 Å². The van der Waals surface area contributed by atoms with Crippen molar-refractivity contribution >= 4 is 17.5 Å². The van der Waals surface area contributed by atoms with Gasteiger partial charge in [-0.3, -0.25) is 4.79 Å². The van der Waals surface area contributed by atoms with Gasteiger partial charge in [0, 0.05) is 6.54 Å². The Kier molecular flexibility index (Phi) is 4.36. The van der Waals surface area contributed by atoms with Gasteiger partial charge in [0.1, 0.15) is 11.9 Å². The number of hydrogen-bond donors (Lipinski definition) is 0. The fourth-order valence-corrected chi connectivity index (χ4v) is 2.61. The van der Waals surface area contributed by atoms with E-state index in [0.29, 0.717) is 19.7 Å². The monoisotopic (exact) mass is 321 g/mol. The van der Waals surface area contributed by atoms with Crippen LogP contribution in [-0.4, -0.2) is 37.6 Å². The third kappa shape index (κ3) is 3.10. The standard InChI is InChI=1S/C16H16ClNO4/c1-20-12-4-2-3-11(9-12)14-10-18(7-8-21-14)16(19)13-5-6-15(17)22-13/h2-6,9,14H,7-8,10H2,1H3. The molecule has 0 aliphatic carbocycles. The van der Waals surface area contributed by atoms with Crippen molar-refractivity contribution in [2.24, 2.45) is 0 Å². The number of carbonyl (C=O) groups excluding carboxylic acids is 1. The highest BCUT2D eigenvalue weighted by molar-refractivity contribution is 6.29. The Morgan fingerprint density at radius 2 is 2.23 bits per heavy atom. The summed E-state index contributed by atoms with van der Waals surface area (Å²) in [4.78, 5) is 14.1. The highest BCUT2D eigenvalue weighted by atomic mass is 35.5. The van der Waals surface area contributed by atoms with Gasteiger partial charge in [-0.15, -0.1) is 0 Å². The number of methoxy groups -OCH3 is 1. The second-order valence-corrected chi connectivity index (χ2v) is 5.36. The third-order valence-corrected chi connectivity index (χ3v) is 3.81. The highest BCUT2D eigenvalue weighted by Gasteiger charge is 2.27. The lowest BCUT2D eigenvalue weighted by Crippen LogP contribution is -2.42. The van der Waals surface area contributed by atoms with Gasteiger partial charge in [0.2, 0.25) is 0 Å². The summed E-state index contributed by atoms with van der Waals surface area (Å²) in [6, 6.07) is 10.8. The summed E-state index contributed by atoms with van der Waals surface area (Å²) >= 11 is 5.73. The Labute approximate surface area is 133 Å². The molecule has 5 nitrogen and oxygen atoms in total. The van der Waals surface area contributed by atoms with E-state index in [1.807, 2.05) is 24.3 Å². The molecule has 1 fully saturated rings. The maximum absolute atomic E-state index is 12.4. The number of halogens is 1. The Morgan fingerprint density at radius 3 is 2.95 bits per heavy atom. The molecule has 1 atom stereocenters. The van der Waals surface area contributed by atoms with Crippen LogP contribution in [0.1, 0.15) is 22.2 Å². The van der Waals surface area contributed by atoms with Crippen LogP contribution < -0.4 is 4.74 Å². The number of amides is 1. The van der Waals surface area contributed by atoms with E-state index in [2.05, 4.69) is 0 Å². The molecule has 1 aromatic carbocycles. The summed E-state index contributed by atoms with van der Waals surface area (Å²) in [5.74, 6) is 0.835. The normalized spacial score (nSPS) is 18.3. The topological polar surface area (TPSA) is 51.9 Å². The number of morpholine rings is 1. The van der Waals surface area contributed by atoms with Crippen LogP contribution in [0.4, 0.5) is 0 Å². The van der Waals surface area contributed by atoms with Crippen LogP contribution in [0.5, 0.6) is 5.75 Å². The maximum atomic E-state index is 12.4. The van der Waals surface area contributed by atoms with Gasteiger partial charge in [-0.05, 0) is 41.4 Å². The average Bonchev–Trinajstić information content (AvgIpc) is 3.01. The smallest absolute Gasteiger partial charge is 0.289 e. The molecule has 1 saturated heterocycles. The highest BCUT2D eigenvalue weighted by Crippen LogP contribution is 2.26. The Balaban J connectivity index is 1.75. The van der Waals surface area contributed by atoms with Crippen molar-refractivity contribution in [3.8, 4) is 5.75 Å². The van der Waals surface area contributed by atoms with Crippen LogP contribution in [0.25, 0.3) is 0 Å². The molecule has 2 aromatic rings. The van der Waals surface area contributed by atoms with Crippen molar-refractivity contribution in [3.05, 3.63) is 52.9 Å². The first kappa shape index (κ1) is 14.9. The summed E-state index contributed by atoms with van der Waals surface area (Å²) in [7, 11) is 1.62. The average molecular weight is 322 g/mol. The van der Waals surface area contributed by atoms with Crippen LogP contribution in [0.15, 0.2) is 40.8 Å². The van der Waals surface area contributed by atoms with E-state index >= 15 is 0 Å². The molecule has 1 amide bonds. The number of nitrogens with zero attached hydrogens (tertiary/aromatic N) is 1. The number of benzene rings is 1. The van der Waals surface area contributed by atoms with Gasteiger partial charge in [0.25, 0.3) is 5.91 Å². The molecule has 1 aliphatic rings. The second kappa shape index (κ2) is 6.42. The van der Waals surface area contributed by atoms with E-state index in [-0.39, 0.29) is 23.0 Å². The lowest BCUT2D eigenvalue weighted by molar-refractivity contribution is -0.0238. The number of rotatable bonds is 3. The minimum Gasteiger partial charge on any atom is -0.497 e. The zero-order valence-electron chi connectivity index (χ0n) is 12.1. The second-order valence-electron chi connectivity index (χ2n) is 4.99. The van der Waals surface area contributed by atoms with E-state index in [0.717, 1.165) is 11.3 Å². The van der Waals surface area contributed by atoms with Gasteiger partial charge in [0.05, 0.1) is 20.3 Å². The van der Waals surface area contributed by atoms with Gasteiger partial charge in [0.15, 0.2) is 11.0 Å². The van der Waals surface area contributed by atoms with E-state index in [1.54, 1.807) is 24.1 Å². The largest absolute Gasteiger partial charge is 0.497 e. The van der Waals surface area contributed by atoms with Gasteiger partial charge in [-0.25, -0.2) is 0 Å². The predicted molar refractivity (Wildman–Crippen MR) is 81.3 cm³/mol. The molecule has 22 heavy (non-hydrogen) atoms. The summed E-state index contributed by atoms with van der Waals surface area (Å²) in [5.41, 5.74) is 0.981. The van der Waals surface area contributed by atoms with E-state index in [4.69, 9.17) is 25.5 Å². The lowest BCUT2D eigenvalue weighted by Gasteiger charge is -2.32. The van der Waals surface area contributed by atoms with Crippen LogP contribution in [0, 0.1) is 0 Å². The molecule has 116 valence electrons. The lowest BCUT2D eigenvalue weighted by atomic mass is 10.1. The first-order chi connectivity index (χ1) is 10.7. The van der Waals surface area contributed by atoms with E-state index in [1.165, 1.54) is 0 Å². The number of hydrogen-bond acceptors (Lipinski definition) is 4. The quantitative estimate of drug-likeness (QED) is 0.871. The van der Waals surface area contributed by atoms with E-state index in [9.17, 15) is 4.79 Å². The summed E-state index contributed by atoms with van der Waals surface area (Å²) in [6.07, 6.45) is -0.182. The first-order valence-corrected chi connectivity index (χ1v) is 7.35. The molecular formula is C16H16ClNO4. The van der Waals surface area contributed by atoms with Crippen LogP contribution in [0.3, 0.4) is 0 Å². The molecule has 3 rings (SSSR count). The van der Waals surface area contributed by atoms with Crippen molar-refractivity contribution in [2.75, 3.05) is 26.8 Å². The Bertz CT molecular complexity index is 670. The molecule has 0 saturated carbocycles. The maximum Gasteiger partial charge on any atom is 0.289 e. The summed E-state index contributed by atoms with van der Waals surface area (Å²) in [5, 5.41) is 0.209. The number of ether oxygens (including phenoxy) is 2. The zero-order valence-corrected chi connectivity index (χ0v) is 12.9. The molecule has 0 spiro atoms. The summed E-state index contributed by atoms with van der Waals surface area (Å²) < 4.78 is 16.2. The Hall–Kier alpha value is -1.98.